The highest BCUT2D eigenvalue weighted by Gasteiger charge is 2.42. The van der Waals surface area contributed by atoms with E-state index < -0.39 is 23.5 Å². The molecule has 0 radical (unpaired) electrons. The van der Waals surface area contributed by atoms with Gasteiger partial charge in [-0.05, 0) is 69.0 Å². The number of anilines is 2. The number of rotatable bonds is 7. The maximum Gasteiger partial charge on any atom is 0.452 e. The van der Waals surface area contributed by atoms with Crippen LogP contribution in [0.5, 0.6) is 0 Å². The average molecular weight is 599 g/mol. The van der Waals surface area contributed by atoms with Crippen molar-refractivity contribution in [2.24, 2.45) is 11.8 Å². The molecule has 1 aromatic heterocycles. The molecule has 3 aromatic rings. The first kappa shape index (κ1) is 30.1. The molecule has 2 amide bonds. The standard InChI is InChI=1S/C31H33F3N4O5/c1-2-42-30(41)22-14-18-38(19-15-22)29(40)21-12-16-37(17-13-21)24-10-8-23(9-11-24)35-27(39)25-26(31(32,33)34)43-28(36-25)20-6-4-3-5-7-20/h3-11,21-22H,2,12-19H2,1H3,(H,35,39). The van der Waals surface area contributed by atoms with E-state index in [0.29, 0.717) is 69.7 Å². The number of nitrogens with one attached hydrogen (secondary N) is 1. The van der Waals surface area contributed by atoms with E-state index in [-0.39, 0.29) is 29.6 Å². The lowest BCUT2D eigenvalue weighted by molar-refractivity contribution is -0.153. The third-order valence-electron chi connectivity index (χ3n) is 7.88. The fourth-order valence-electron chi connectivity index (χ4n) is 5.55. The monoisotopic (exact) mass is 598 g/mol. The Morgan fingerprint density at radius 3 is 2.16 bits per heavy atom. The van der Waals surface area contributed by atoms with Crippen molar-refractivity contribution < 1.29 is 36.7 Å². The van der Waals surface area contributed by atoms with Crippen LogP contribution in [0.4, 0.5) is 24.5 Å². The van der Waals surface area contributed by atoms with E-state index >= 15 is 0 Å². The van der Waals surface area contributed by atoms with E-state index in [1.807, 2.05) is 4.90 Å². The number of piperidine rings is 2. The largest absolute Gasteiger partial charge is 0.466 e. The van der Waals surface area contributed by atoms with E-state index in [1.54, 1.807) is 61.5 Å². The Kier molecular flexibility index (Phi) is 9.02. The molecule has 1 N–H and O–H groups in total. The number of carbonyl (C=O) groups is 3. The van der Waals surface area contributed by atoms with Crippen molar-refractivity contribution >= 4 is 29.2 Å². The topological polar surface area (TPSA) is 105 Å². The molecular weight excluding hydrogens is 565 g/mol. The smallest absolute Gasteiger partial charge is 0.452 e. The first-order valence-corrected chi connectivity index (χ1v) is 14.4. The summed E-state index contributed by atoms with van der Waals surface area (Å²) in [6.07, 6.45) is -2.29. The van der Waals surface area contributed by atoms with Crippen molar-refractivity contribution in [3.8, 4) is 11.5 Å². The van der Waals surface area contributed by atoms with Crippen molar-refractivity contribution in [3.05, 3.63) is 66.1 Å². The summed E-state index contributed by atoms with van der Waals surface area (Å²) in [4.78, 5) is 45.7. The van der Waals surface area contributed by atoms with Gasteiger partial charge in [0, 0.05) is 49.0 Å². The molecule has 2 aliphatic heterocycles. The van der Waals surface area contributed by atoms with Crippen molar-refractivity contribution in [1.29, 1.82) is 0 Å². The molecule has 0 aliphatic carbocycles. The number of hydrogen-bond donors (Lipinski definition) is 1. The molecule has 5 rings (SSSR count). The number of amides is 2. The van der Waals surface area contributed by atoms with E-state index in [1.165, 1.54) is 0 Å². The molecule has 9 nitrogen and oxygen atoms in total. The molecule has 228 valence electrons. The van der Waals surface area contributed by atoms with Crippen LogP contribution in [0, 0.1) is 11.8 Å². The molecule has 2 saturated heterocycles. The Bertz CT molecular complexity index is 1430. The maximum absolute atomic E-state index is 13.6. The zero-order chi connectivity index (χ0) is 30.6. The summed E-state index contributed by atoms with van der Waals surface area (Å²) in [6.45, 7) is 4.59. The molecule has 0 spiro atoms. The number of benzene rings is 2. The van der Waals surface area contributed by atoms with Gasteiger partial charge in [0.05, 0.1) is 12.5 Å². The molecule has 2 aliphatic rings. The lowest BCUT2D eigenvalue weighted by atomic mass is 9.92. The van der Waals surface area contributed by atoms with Crippen LogP contribution < -0.4 is 10.2 Å². The van der Waals surface area contributed by atoms with Gasteiger partial charge >= 0.3 is 12.1 Å². The number of carbonyl (C=O) groups excluding carboxylic acids is 3. The number of alkyl halides is 3. The van der Waals surface area contributed by atoms with Gasteiger partial charge in [-0.1, -0.05) is 18.2 Å². The zero-order valence-electron chi connectivity index (χ0n) is 23.7. The van der Waals surface area contributed by atoms with E-state index in [9.17, 15) is 27.6 Å². The van der Waals surface area contributed by atoms with Gasteiger partial charge in [0.2, 0.25) is 17.6 Å². The van der Waals surface area contributed by atoms with Gasteiger partial charge < -0.3 is 24.3 Å². The predicted octanol–water partition coefficient (Wildman–Crippen LogP) is 5.63. The summed E-state index contributed by atoms with van der Waals surface area (Å²) in [6, 6.07) is 14.8. The fourth-order valence-corrected chi connectivity index (χ4v) is 5.55. The molecule has 12 heteroatoms. The van der Waals surface area contributed by atoms with Crippen molar-refractivity contribution in [2.75, 3.05) is 43.0 Å². The molecule has 0 unspecified atom stereocenters. The number of ether oxygens (including phenoxy) is 1. The number of halogens is 3. The summed E-state index contributed by atoms with van der Waals surface area (Å²) in [5, 5.41) is 2.48. The molecule has 43 heavy (non-hydrogen) atoms. The highest BCUT2D eigenvalue weighted by Crippen LogP contribution is 2.36. The Labute approximate surface area is 247 Å². The van der Waals surface area contributed by atoms with E-state index in [4.69, 9.17) is 9.15 Å². The SMILES string of the molecule is CCOC(=O)C1CCN(C(=O)C2CCN(c3ccc(NC(=O)c4nc(-c5ccccc5)oc4C(F)(F)F)cc3)CC2)CC1. The second kappa shape index (κ2) is 12.9. The normalized spacial score (nSPS) is 16.7. The van der Waals surface area contributed by atoms with Crippen LogP contribution >= 0.6 is 0 Å². The minimum Gasteiger partial charge on any atom is -0.466 e. The van der Waals surface area contributed by atoms with Crippen LogP contribution in [0.3, 0.4) is 0 Å². The Morgan fingerprint density at radius 2 is 1.56 bits per heavy atom. The summed E-state index contributed by atoms with van der Waals surface area (Å²) in [5.41, 5.74) is 0.665. The molecule has 2 aromatic carbocycles. The predicted molar refractivity (Wildman–Crippen MR) is 152 cm³/mol. The molecule has 2 fully saturated rings. The van der Waals surface area contributed by atoms with E-state index in [2.05, 4.69) is 15.2 Å². The Hall–Kier alpha value is -4.35. The van der Waals surface area contributed by atoms with Crippen LogP contribution in [0.25, 0.3) is 11.5 Å². The first-order chi connectivity index (χ1) is 20.6. The zero-order valence-corrected chi connectivity index (χ0v) is 23.7. The minimum atomic E-state index is -4.90. The highest BCUT2D eigenvalue weighted by molar-refractivity contribution is 6.04. The van der Waals surface area contributed by atoms with Crippen LogP contribution in [0.1, 0.15) is 48.9 Å². The van der Waals surface area contributed by atoms with Gasteiger partial charge in [-0.25, -0.2) is 4.98 Å². The summed E-state index contributed by atoms with van der Waals surface area (Å²) in [7, 11) is 0. The number of likely N-dealkylation sites (tertiary alicyclic amines) is 1. The van der Waals surface area contributed by atoms with Crippen molar-refractivity contribution in [3.63, 3.8) is 0 Å². The maximum atomic E-state index is 13.6. The van der Waals surface area contributed by atoms with Crippen LogP contribution in [0.2, 0.25) is 0 Å². The van der Waals surface area contributed by atoms with Gasteiger partial charge in [-0.2, -0.15) is 13.2 Å². The van der Waals surface area contributed by atoms with Crippen LogP contribution in [0.15, 0.2) is 59.0 Å². The number of esters is 1. The molecule has 0 saturated carbocycles. The molecular formula is C31H33F3N4O5. The number of nitrogens with zero attached hydrogens (tertiary/aromatic N) is 3. The van der Waals surface area contributed by atoms with Gasteiger partial charge in [0.25, 0.3) is 5.91 Å². The fraction of sp³-hybridized carbons (Fsp3) is 0.419. The third-order valence-corrected chi connectivity index (χ3v) is 7.88. The summed E-state index contributed by atoms with van der Waals surface area (Å²) < 4.78 is 51.0. The Balaban J connectivity index is 1.15. The van der Waals surface area contributed by atoms with Crippen molar-refractivity contribution in [2.45, 2.75) is 38.8 Å². The number of hydrogen-bond acceptors (Lipinski definition) is 7. The second-order valence-electron chi connectivity index (χ2n) is 10.7. The first-order valence-electron chi connectivity index (χ1n) is 14.4. The van der Waals surface area contributed by atoms with Gasteiger partial charge in [-0.3, -0.25) is 14.4 Å². The molecule has 3 heterocycles. The quantitative estimate of drug-likeness (QED) is 0.352. The third kappa shape index (κ3) is 7.00. The Morgan fingerprint density at radius 1 is 0.930 bits per heavy atom. The second-order valence-corrected chi connectivity index (χ2v) is 10.7. The lowest BCUT2D eigenvalue weighted by Gasteiger charge is -2.37. The average Bonchev–Trinajstić information content (AvgIpc) is 3.49. The minimum absolute atomic E-state index is 0.0833. The van der Waals surface area contributed by atoms with Gasteiger partial charge in [0.15, 0.2) is 5.69 Å². The number of oxazole rings is 1. The number of aromatic nitrogens is 1. The van der Waals surface area contributed by atoms with Crippen molar-refractivity contribution in [1.82, 2.24) is 9.88 Å². The molecule has 0 atom stereocenters. The van der Waals surface area contributed by atoms with Gasteiger partial charge in [0.1, 0.15) is 0 Å². The summed E-state index contributed by atoms with van der Waals surface area (Å²) in [5.74, 6) is -3.07. The summed E-state index contributed by atoms with van der Waals surface area (Å²) >= 11 is 0. The lowest BCUT2D eigenvalue weighted by Crippen LogP contribution is -2.46. The highest BCUT2D eigenvalue weighted by atomic mass is 19.4. The van der Waals surface area contributed by atoms with E-state index in [0.717, 1.165) is 5.69 Å². The molecule has 0 bridgehead atoms. The van der Waals surface area contributed by atoms with Crippen LogP contribution in [-0.2, 0) is 20.5 Å². The van der Waals surface area contributed by atoms with Gasteiger partial charge in [-0.15, -0.1) is 0 Å². The van der Waals surface area contributed by atoms with Crippen LogP contribution in [-0.4, -0.2) is 60.5 Å².